The molecule has 0 aliphatic rings. The highest BCUT2D eigenvalue weighted by Gasteiger charge is 2.19. The van der Waals surface area contributed by atoms with Crippen molar-refractivity contribution in [2.45, 2.75) is 26.3 Å². The normalized spacial score (nSPS) is 10.9. The van der Waals surface area contributed by atoms with Gasteiger partial charge in [0.25, 0.3) is 17.2 Å². The molecule has 1 aromatic heterocycles. The molecular weight excluding hydrogens is 366 g/mol. The van der Waals surface area contributed by atoms with Crippen molar-refractivity contribution in [3.63, 3.8) is 0 Å². The van der Waals surface area contributed by atoms with Gasteiger partial charge in [0.15, 0.2) is 5.69 Å². The van der Waals surface area contributed by atoms with E-state index in [-0.39, 0.29) is 17.2 Å². The highest BCUT2D eigenvalue weighted by atomic mass is 16.6. The number of carbonyl (C=O) groups excluding carboxylic acids is 1. The van der Waals surface area contributed by atoms with Crippen molar-refractivity contribution in [1.29, 1.82) is 0 Å². The Kier molecular flexibility index (Phi) is 6.48. The zero-order valence-electron chi connectivity index (χ0n) is 15.5. The third-order valence-electron chi connectivity index (χ3n) is 4.11. The standard InChI is InChI=1S/C18H21N5O5/c1-3-4-10-22-16(19)15(17(25)20-18(22)26)21(2)14(24)9-8-12-6-5-7-13(11-12)23(27)28/h5-9,11H,3-4,10,19H2,1-2H3,(H,20,25,26)/b9-8+. The Morgan fingerprint density at radius 3 is 2.75 bits per heavy atom. The third kappa shape index (κ3) is 4.53. The first-order valence-corrected chi connectivity index (χ1v) is 8.59. The van der Waals surface area contributed by atoms with Crippen molar-refractivity contribution in [3.8, 4) is 0 Å². The van der Waals surface area contributed by atoms with Crippen molar-refractivity contribution < 1.29 is 9.72 Å². The van der Waals surface area contributed by atoms with Crippen LogP contribution in [-0.4, -0.2) is 27.4 Å². The first kappa shape index (κ1) is 20.6. The topological polar surface area (TPSA) is 144 Å². The van der Waals surface area contributed by atoms with Gasteiger partial charge in [-0.2, -0.15) is 0 Å². The van der Waals surface area contributed by atoms with Crippen LogP contribution in [0.5, 0.6) is 0 Å². The molecule has 2 aromatic rings. The Labute approximate surface area is 160 Å². The van der Waals surface area contributed by atoms with Crippen LogP contribution >= 0.6 is 0 Å². The van der Waals surface area contributed by atoms with Gasteiger partial charge in [-0.05, 0) is 18.1 Å². The molecule has 148 valence electrons. The van der Waals surface area contributed by atoms with E-state index >= 15 is 0 Å². The fraction of sp³-hybridized carbons (Fsp3) is 0.278. The number of nitrogens with two attached hydrogens (primary N) is 1. The molecule has 0 fully saturated rings. The maximum atomic E-state index is 12.5. The maximum absolute atomic E-state index is 12.5. The highest BCUT2D eigenvalue weighted by molar-refractivity contribution is 6.04. The molecule has 0 atom stereocenters. The Bertz CT molecular complexity index is 1040. The number of rotatable bonds is 7. The highest BCUT2D eigenvalue weighted by Crippen LogP contribution is 2.17. The average molecular weight is 387 g/mol. The van der Waals surface area contributed by atoms with E-state index in [1.54, 1.807) is 6.07 Å². The van der Waals surface area contributed by atoms with Gasteiger partial charge < -0.3 is 10.6 Å². The number of nitro groups is 1. The van der Waals surface area contributed by atoms with Crippen LogP contribution in [-0.2, 0) is 11.3 Å². The molecule has 0 bridgehead atoms. The minimum atomic E-state index is -0.769. The van der Waals surface area contributed by atoms with Crippen LogP contribution in [0.15, 0.2) is 39.9 Å². The summed E-state index contributed by atoms with van der Waals surface area (Å²) < 4.78 is 1.22. The number of H-pyrrole nitrogens is 1. The SMILES string of the molecule is CCCCn1c(N)c(N(C)C(=O)/C=C/c2cccc([N+](=O)[O-])c2)c(=O)[nH]c1=O. The third-order valence-corrected chi connectivity index (χ3v) is 4.11. The number of amides is 1. The predicted octanol–water partition coefficient (Wildman–Crippen LogP) is 1.50. The Morgan fingerprint density at radius 2 is 2.11 bits per heavy atom. The lowest BCUT2D eigenvalue weighted by atomic mass is 10.2. The zero-order chi connectivity index (χ0) is 20.8. The molecular formula is C18H21N5O5. The molecule has 0 radical (unpaired) electrons. The lowest BCUT2D eigenvalue weighted by molar-refractivity contribution is -0.384. The van der Waals surface area contributed by atoms with E-state index in [0.717, 1.165) is 11.3 Å². The molecule has 1 amide bonds. The fourth-order valence-corrected chi connectivity index (χ4v) is 2.57. The largest absolute Gasteiger partial charge is 0.383 e. The van der Waals surface area contributed by atoms with Crippen LogP contribution in [0.1, 0.15) is 25.3 Å². The lowest BCUT2D eigenvalue weighted by Gasteiger charge is -2.19. The fourth-order valence-electron chi connectivity index (χ4n) is 2.57. The summed E-state index contributed by atoms with van der Waals surface area (Å²) in [6.45, 7) is 2.26. The number of nitro benzene ring substituents is 1. The molecule has 28 heavy (non-hydrogen) atoms. The number of likely N-dealkylation sites (N-methyl/N-ethyl adjacent to an activating group) is 1. The van der Waals surface area contributed by atoms with Crippen molar-refractivity contribution in [1.82, 2.24) is 9.55 Å². The smallest absolute Gasteiger partial charge is 0.330 e. The Balaban J connectivity index is 2.32. The van der Waals surface area contributed by atoms with Crippen LogP contribution in [0.2, 0.25) is 0 Å². The molecule has 1 heterocycles. The predicted molar refractivity (Wildman–Crippen MR) is 106 cm³/mol. The van der Waals surface area contributed by atoms with Crippen molar-refractivity contribution in [2.24, 2.45) is 0 Å². The van der Waals surface area contributed by atoms with E-state index in [4.69, 9.17) is 5.73 Å². The van der Waals surface area contributed by atoms with Gasteiger partial charge in [-0.3, -0.25) is 29.3 Å². The summed E-state index contributed by atoms with van der Waals surface area (Å²) in [7, 11) is 1.36. The summed E-state index contributed by atoms with van der Waals surface area (Å²) in [5.74, 6) is -0.675. The second-order valence-electron chi connectivity index (χ2n) is 6.08. The van der Waals surface area contributed by atoms with E-state index in [2.05, 4.69) is 4.98 Å². The van der Waals surface area contributed by atoms with Crippen LogP contribution in [0.4, 0.5) is 17.2 Å². The van der Waals surface area contributed by atoms with Gasteiger partial charge in [0.2, 0.25) is 0 Å². The molecule has 0 saturated carbocycles. The molecule has 10 nitrogen and oxygen atoms in total. The molecule has 2 rings (SSSR count). The number of nitrogens with one attached hydrogen (secondary N) is 1. The summed E-state index contributed by atoms with van der Waals surface area (Å²) in [6, 6.07) is 5.75. The van der Waals surface area contributed by atoms with Crippen molar-refractivity contribution in [3.05, 3.63) is 66.9 Å². The minimum absolute atomic E-state index is 0.0956. The van der Waals surface area contributed by atoms with Crippen molar-refractivity contribution >= 4 is 29.2 Å². The van der Waals surface area contributed by atoms with Gasteiger partial charge >= 0.3 is 5.69 Å². The van der Waals surface area contributed by atoms with Gasteiger partial charge in [0.1, 0.15) is 5.82 Å². The summed E-state index contributed by atoms with van der Waals surface area (Å²) >= 11 is 0. The minimum Gasteiger partial charge on any atom is -0.383 e. The zero-order valence-corrected chi connectivity index (χ0v) is 15.5. The van der Waals surface area contributed by atoms with E-state index in [9.17, 15) is 24.5 Å². The van der Waals surface area contributed by atoms with Crippen LogP contribution < -0.4 is 21.9 Å². The lowest BCUT2D eigenvalue weighted by Crippen LogP contribution is -2.38. The number of hydrogen-bond acceptors (Lipinski definition) is 6. The molecule has 10 heteroatoms. The van der Waals surface area contributed by atoms with E-state index in [1.807, 2.05) is 6.92 Å². The number of aromatic amines is 1. The van der Waals surface area contributed by atoms with Gasteiger partial charge in [-0.1, -0.05) is 25.5 Å². The number of unbranched alkanes of at least 4 members (excludes halogenated alkanes) is 1. The summed E-state index contributed by atoms with van der Waals surface area (Å²) in [5.41, 5.74) is 4.78. The number of carbonyl (C=O) groups is 1. The summed E-state index contributed by atoms with van der Waals surface area (Å²) in [6.07, 6.45) is 4.06. The molecule has 0 unspecified atom stereocenters. The molecule has 1 aromatic carbocycles. The number of nitrogen functional groups attached to an aromatic ring is 1. The van der Waals surface area contributed by atoms with Crippen LogP contribution in [0, 0.1) is 10.1 Å². The molecule has 0 aliphatic heterocycles. The summed E-state index contributed by atoms with van der Waals surface area (Å²) in [5, 5.41) is 10.8. The number of benzene rings is 1. The first-order chi connectivity index (χ1) is 13.3. The van der Waals surface area contributed by atoms with Crippen molar-refractivity contribution in [2.75, 3.05) is 17.7 Å². The number of aromatic nitrogens is 2. The molecule has 0 spiro atoms. The van der Waals surface area contributed by atoms with Gasteiger partial charge in [-0.15, -0.1) is 0 Å². The van der Waals surface area contributed by atoms with E-state index in [0.29, 0.717) is 18.5 Å². The van der Waals surface area contributed by atoms with Crippen LogP contribution in [0.25, 0.3) is 6.08 Å². The van der Waals surface area contributed by atoms with Gasteiger partial charge in [0, 0.05) is 31.8 Å². The number of nitrogens with zero attached hydrogens (tertiary/aromatic N) is 3. The number of anilines is 2. The Morgan fingerprint density at radius 1 is 1.39 bits per heavy atom. The van der Waals surface area contributed by atoms with E-state index < -0.39 is 22.1 Å². The number of non-ortho nitro benzene ring substituents is 1. The summed E-state index contributed by atoms with van der Waals surface area (Å²) in [4.78, 5) is 50.1. The molecule has 0 saturated heterocycles. The van der Waals surface area contributed by atoms with Crippen LogP contribution in [0.3, 0.4) is 0 Å². The second kappa shape index (κ2) is 8.80. The quantitative estimate of drug-likeness (QED) is 0.418. The monoisotopic (exact) mass is 387 g/mol. The first-order valence-electron chi connectivity index (χ1n) is 8.59. The van der Waals surface area contributed by atoms with E-state index in [1.165, 1.54) is 42.0 Å². The van der Waals surface area contributed by atoms with Gasteiger partial charge in [0.05, 0.1) is 4.92 Å². The second-order valence-corrected chi connectivity index (χ2v) is 6.08. The molecule has 0 aliphatic carbocycles. The molecule has 3 N–H and O–H groups in total. The average Bonchev–Trinajstić information content (AvgIpc) is 2.65. The number of hydrogen-bond donors (Lipinski definition) is 2. The Hall–Kier alpha value is -3.69. The van der Waals surface area contributed by atoms with Gasteiger partial charge in [-0.25, -0.2) is 4.79 Å². The maximum Gasteiger partial charge on any atom is 0.330 e.